The molecule has 0 aliphatic heterocycles. The molecule has 1 N–H and O–H groups in total. The Kier molecular flexibility index (Phi) is 4.49. The maximum absolute atomic E-state index is 9.86. The third-order valence-electron chi connectivity index (χ3n) is 3.14. The second kappa shape index (κ2) is 6.13. The monoisotopic (exact) mass is 283 g/mol. The number of aliphatic hydroxyl groups is 1. The highest BCUT2D eigenvalue weighted by Crippen LogP contribution is 2.35. The van der Waals surface area contributed by atoms with Crippen molar-refractivity contribution in [3.05, 3.63) is 58.7 Å². The average Bonchev–Trinajstić information content (AvgIpc) is 2.41. The number of hydrogen-bond acceptors (Lipinski definition) is 3. The van der Waals surface area contributed by atoms with Gasteiger partial charge in [-0.3, -0.25) is 0 Å². The highest BCUT2D eigenvalue weighted by molar-refractivity contribution is 7.99. The van der Waals surface area contributed by atoms with Crippen molar-refractivity contribution in [1.82, 2.24) is 0 Å². The fourth-order valence-electron chi connectivity index (χ4n) is 2.07. The minimum Gasteiger partial charge on any atom is -0.389 e. The maximum Gasteiger partial charge on any atom is 0.0992 e. The molecule has 0 bridgehead atoms. The second-order valence-corrected chi connectivity index (χ2v) is 6.00. The summed E-state index contributed by atoms with van der Waals surface area (Å²) in [6.07, 6.45) is -0.545. The van der Waals surface area contributed by atoms with Gasteiger partial charge in [-0.15, -0.1) is 0 Å². The van der Waals surface area contributed by atoms with Crippen molar-refractivity contribution in [2.45, 2.75) is 36.7 Å². The van der Waals surface area contributed by atoms with Crippen LogP contribution in [0.3, 0.4) is 0 Å². The van der Waals surface area contributed by atoms with Crippen LogP contribution in [-0.4, -0.2) is 5.11 Å². The standard InChI is InChI=1S/C17H17NOS/c1-11-4-7-16(12(2)8-11)20-17-9-14(10-18)5-6-15(17)13(3)19/h4-9,13,19H,1-3H3/t13-/m1/s1. The molecule has 20 heavy (non-hydrogen) atoms. The van der Waals surface area contributed by atoms with Gasteiger partial charge < -0.3 is 5.11 Å². The summed E-state index contributed by atoms with van der Waals surface area (Å²) >= 11 is 1.60. The molecule has 0 aliphatic rings. The van der Waals surface area contributed by atoms with Crippen molar-refractivity contribution in [2.75, 3.05) is 0 Å². The van der Waals surface area contributed by atoms with Crippen LogP contribution in [0.25, 0.3) is 0 Å². The fraction of sp³-hybridized carbons (Fsp3) is 0.235. The first kappa shape index (κ1) is 14.6. The van der Waals surface area contributed by atoms with Gasteiger partial charge in [0.25, 0.3) is 0 Å². The molecule has 0 spiro atoms. The lowest BCUT2D eigenvalue weighted by atomic mass is 10.1. The fourth-order valence-corrected chi connectivity index (χ4v) is 3.21. The molecule has 1 atom stereocenters. The average molecular weight is 283 g/mol. The van der Waals surface area contributed by atoms with Crippen LogP contribution in [0.4, 0.5) is 0 Å². The van der Waals surface area contributed by atoms with Crippen molar-refractivity contribution in [3.8, 4) is 6.07 Å². The van der Waals surface area contributed by atoms with Crippen LogP contribution in [0.2, 0.25) is 0 Å². The molecule has 0 saturated carbocycles. The zero-order chi connectivity index (χ0) is 14.7. The lowest BCUT2D eigenvalue weighted by Gasteiger charge is -2.13. The molecule has 2 aromatic rings. The van der Waals surface area contributed by atoms with Crippen LogP contribution in [0.15, 0.2) is 46.2 Å². The summed E-state index contributed by atoms with van der Waals surface area (Å²) in [7, 11) is 0. The number of hydrogen-bond donors (Lipinski definition) is 1. The minimum absolute atomic E-state index is 0.545. The Hall–Kier alpha value is -1.76. The van der Waals surface area contributed by atoms with Gasteiger partial charge in [0.2, 0.25) is 0 Å². The van der Waals surface area contributed by atoms with Gasteiger partial charge in [-0.1, -0.05) is 35.5 Å². The lowest BCUT2D eigenvalue weighted by molar-refractivity contribution is 0.196. The van der Waals surface area contributed by atoms with Crippen LogP contribution < -0.4 is 0 Å². The molecule has 0 amide bonds. The molecule has 2 rings (SSSR count). The third-order valence-corrected chi connectivity index (χ3v) is 4.39. The van der Waals surface area contributed by atoms with E-state index in [1.807, 2.05) is 12.1 Å². The van der Waals surface area contributed by atoms with E-state index in [1.54, 1.807) is 24.8 Å². The Morgan fingerprint density at radius 3 is 2.45 bits per heavy atom. The maximum atomic E-state index is 9.86. The Balaban J connectivity index is 2.43. The van der Waals surface area contributed by atoms with E-state index >= 15 is 0 Å². The third kappa shape index (κ3) is 3.22. The van der Waals surface area contributed by atoms with E-state index in [0.717, 1.165) is 15.4 Å². The molecule has 0 fully saturated rings. The van der Waals surface area contributed by atoms with E-state index in [-0.39, 0.29) is 0 Å². The van der Waals surface area contributed by atoms with E-state index in [2.05, 4.69) is 38.1 Å². The summed E-state index contributed by atoms with van der Waals surface area (Å²) in [6, 6.07) is 13.9. The number of nitrogens with zero attached hydrogens (tertiary/aromatic N) is 1. The molecular weight excluding hydrogens is 266 g/mol. The summed E-state index contributed by atoms with van der Waals surface area (Å²) in [4.78, 5) is 2.08. The van der Waals surface area contributed by atoms with Crippen molar-refractivity contribution >= 4 is 11.8 Å². The van der Waals surface area contributed by atoms with Gasteiger partial charge in [-0.05, 0) is 50.1 Å². The molecule has 0 heterocycles. The molecular formula is C17H17NOS. The molecule has 0 aromatic heterocycles. The number of benzene rings is 2. The first-order valence-corrected chi connectivity index (χ1v) is 7.30. The Morgan fingerprint density at radius 1 is 1.10 bits per heavy atom. The van der Waals surface area contributed by atoms with Crippen molar-refractivity contribution in [1.29, 1.82) is 5.26 Å². The van der Waals surface area contributed by atoms with Gasteiger partial charge in [0, 0.05) is 9.79 Å². The van der Waals surface area contributed by atoms with Crippen LogP contribution in [0, 0.1) is 25.2 Å². The van der Waals surface area contributed by atoms with Gasteiger partial charge in [0.05, 0.1) is 17.7 Å². The molecule has 3 heteroatoms. The van der Waals surface area contributed by atoms with Crippen molar-refractivity contribution in [2.24, 2.45) is 0 Å². The normalized spacial score (nSPS) is 11.9. The van der Waals surface area contributed by atoms with Crippen molar-refractivity contribution < 1.29 is 5.11 Å². The number of rotatable bonds is 3. The van der Waals surface area contributed by atoms with Gasteiger partial charge in [-0.2, -0.15) is 5.26 Å². The van der Waals surface area contributed by atoms with E-state index < -0.39 is 6.10 Å². The first-order chi connectivity index (χ1) is 9.51. The van der Waals surface area contributed by atoms with Crippen molar-refractivity contribution in [3.63, 3.8) is 0 Å². The quantitative estimate of drug-likeness (QED) is 0.909. The Morgan fingerprint density at radius 2 is 1.85 bits per heavy atom. The van der Waals surface area contributed by atoms with Crippen LogP contribution in [0.5, 0.6) is 0 Å². The molecule has 0 radical (unpaired) electrons. The molecule has 102 valence electrons. The summed E-state index contributed by atoms with van der Waals surface area (Å²) in [5.41, 5.74) is 3.90. The molecule has 2 aromatic carbocycles. The number of aryl methyl sites for hydroxylation is 2. The summed E-state index contributed by atoms with van der Waals surface area (Å²) in [6.45, 7) is 5.89. The van der Waals surface area contributed by atoms with Gasteiger partial charge in [0.1, 0.15) is 0 Å². The zero-order valence-electron chi connectivity index (χ0n) is 11.8. The SMILES string of the molecule is Cc1ccc(Sc2cc(C#N)ccc2[C@@H](C)O)c(C)c1. The van der Waals surface area contributed by atoms with Crippen LogP contribution >= 0.6 is 11.8 Å². The lowest BCUT2D eigenvalue weighted by Crippen LogP contribution is -1.95. The van der Waals surface area contributed by atoms with E-state index in [4.69, 9.17) is 5.26 Å². The molecule has 0 saturated heterocycles. The molecule has 0 aliphatic carbocycles. The highest BCUT2D eigenvalue weighted by Gasteiger charge is 2.11. The summed E-state index contributed by atoms with van der Waals surface area (Å²) < 4.78 is 0. The molecule has 0 unspecified atom stereocenters. The smallest absolute Gasteiger partial charge is 0.0992 e. The van der Waals surface area contributed by atoms with Gasteiger partial charge in [0.15, 0.2) is 0 Å². The topological polar surface area (TPSA) is 44.0 Å². The largest absolute Gasteiger partial charge is 0.389 e. The zero-order valence-corrected chi connectivity index (χ0v) is 12.7. The van der Waals surface area contributed by atoms with Gasteiger partial charge in [-0.25, -0.2) is 0 Å². The Labute approximate surface area is 124 Å². The second-order valence-electron chi connectivity index (χ2n) is 4.91. The molecule has 2 nitrogen and oxygen atoms in total. The van der Waals surface area contributed by atoms with Crippen LogP contribution in [-0.2, 0) is 0 Å². The Bertz CT molecular complexity index is 671. The van der Waals surface area contributed by atoms with E-state index in [1.165, 1.54) is 11.1 Å². The minimum atomic E-state index is -0.545. The summed E-state index contributed by atoms with van der Waals surface area (Å²) in [5, 5.41) is 18.9. The first-order valence-electron chi connectivity index (χ1n) is 6.48. The number of nitriles is 1. The summed E-state index contributed by atoms with van der Waals surface area (Å²) in [5.74, 6) is 0. The predicted molar refractivity (Wildman–Crippen MR) is 81.8 cm³/mol. The van der Waals surface area contributed by atoms with E-state index in [9.17, 15) is 5.11 Å². The van der Waals surface area contributed by atoms with Crippen LogP contribution in [0.1, 0.15) is 35.3 Å². The van der Waals surface area contributed by atoms with Gasteiger partial charge >= 0.3 is 0 Å². The highest BCUT2D eigenvalue weighted by atomic mass is 32.2. The number of aliphatic hydroxyl groups excluding tert-OH is 1. The van der Waals surface area contributed by atoms with E-state index in [0.29, 0.717) is 5.56 Å². The predicted octanol–water partition coefficient (Wildman–Crippen LogP) is 4.38.